The van der Waals surface area contributed by atoms with E-state index in [1.807, 2.05) is 36.5 Å². The zero-order valence-electron chi connectivity index (χ0n) is 18.4. The van der Waals surface area contributed by atoms with Crippen molar-refractivity contribution in [1.82, 2.24) is 24.8 Å². The van der Waals surface area contributed by atoms with Crippen molar-refractivity contribution in [2.45, 2.75) is 19.0 Å². The van der Waals surface area contributed by atoms with Gasteiger partial charge in [-0.15, -0.1) is 0 Å². The van der Waals surface area contributed by atoms with Crippen LogP contribution in [-0.4, -0.2) is 76.6 Å². The predicted octanol–water partition coefficient (Wildman–Crippen LogP) is 2.84. The highest BCUT2D eigenvalue weighted by Crippen LogP contribution is 2.29. The van der Waals surface area contributed by atoms with Gasteiger partial charge in [0, 0.05) is 50.4 Å². The molecule has 6 rings (SSSR count). The molecule has 2 aliphatic heterocycles. The van der Waals surface area contributed by atoms with Gasteiger partial charge in [-0.3, -0.25) is 9.88 Å². The van der Waals surface area contributed by atoms with Gasteiger partial charge in [0.25, 0.3) is 6.01 Å². The van der Waals surface area contributed by atoms with Gasteiger partial charge >= 0.3 is 0 Å². The molecule has 2 saturated heterocycles. The molecule has 0 spiro atoms. The van der Waals surface area contributed by atoms with Crippen LogP contribution in [0.2, 0.25) is 0 Å². The number of piperazine rings is 1. The molecule has 0 bridgehead atoms. The fraction of sp³-hybridized carbons (Fsp3) is 0.375. The van der Waals surface area contributed by atoms with Gasteiger partial charge < -0.3 is 20.0 Å². The van der Waals surface area contributed by atoms with Crippen LogP contribution in [0.3, 0.4) is 0 Å². The highest BCUT2D eigenvalue weighted by Gasteiger charge is 2.35. The summed E-state index contributed by atoms with van der Waals surface area (Å²) in [5, 5.41) is 0. The lowest BCUT2D eigenvalue weighted by atomic mass is 10.0. The van der Waals surface area contributed by atoms with Crippen molar-refractivity contribution in [3.8, 4) is 11.3 Å². The van der Waals surface area contributed by atoms with Crippen LogP contribution in [0.5, 0.6) is 0 Å². The summed E-state index contributed by atoms with van der Waals surface area (Å²) in [7, 11) is 2.22. The van der Waals surface area contributed by atoms with E-state index in [0.717, 1.165) is 66.2 Å². The van der Waals surface area contributed by atoms with Crippen molar-refractivity contribution in [1.29, 1.82) is 0 Å². The van der Waals surface area contributed by atoms with Crippen molar-refractivity contribution in [3.63, 3.8) is 0 Å². The zero-order chi connectivity index (χ0) is 21.8. The Morgan fingerprint density at radius 3 is 2.69 bits per heavy atom. The van der Waals surface area contributed by atoms with Crippen molar-refractivity contribution in [2.75, 3.05) is 50.4 Å². The van der Waals surface area contributed by atoms with Crippen molar-refractivity contribution >= 4 is 33.8 Å². The van der Waals surface area contributed by atoms with E-state index in [9.17, 15) is 0 Å². The Hall–Kier alpha value is -3.23. The molecule has 1 atom stereocenters. The number of pyridine rings is 2. The summed E-state index contributed by atoms with van der Waals surface area (Å²) in [5.74, 6) is 0. The number of benzene rings is 1. The van der Waals surface area contributed by atoms with E-state index in [0.29, 0.717) is 17.7 Å². The average Bonchev–Trinajstić information content (AvgIpc) is 3.14. The lowest BCUT2D eigenvalue weighted by Crippen LogP contribution is -2.64. The zero-order valence-corrected chi connectivity index (χ0v) is 18.4. The fourth-order valence-corrected chi connectivity index (χ4v) is 4.74. The molecule has 2 aliphatic rings. The molecule has 2 fully saturated rings. The number of nitrogens with zero attached hydrogens (tertiary/aromatic N) is 6. The summed E-state index contributed by atoms with van der Waals surface area (Å²) < 4.78 is 5.38. The lowest BCUT2D eigenvalue weighted by Gasteiger charge is -2.50. The van der Waals surface area contributed by atoms with Crippen molar-refractivity contribution in [3.05, 3.63) is 42.6 Å². The first-order valence-electron chi connectivity index (χ1n) is 11.2. The van der Waals surface area contributed by atoms with E-state index in [-0.39, 0.29) is 6.01 Å². The molecule has 5 heterocycles. The summed E-state index contributed by atoms with van der Waals surface area (Å²) >= 11 is 0. The number of fused-ring (bicyclic) bond motifs is 2. The molecular formula is C24H27N7O. The van der Waals surface area contributed by atoms with Crippen molar-refractivity contribution < 1.29 is 4.42 Å². The van der Waals surface area contributed by atoms with Crippen LogP contribution in [0, 0.1) is 0 Å². The maximum atomic E-state index is 5.68. The van der Waals surface area contributed by atoms with E-state index >= 15 is 0 Å². The minimum absolute atomic E-state index is 0.177. The van der Waals surface area contributed by atoms with Crippen LogP contribution in [0.15, 0.2) is 47.0 Å². The van der Waals surface area contributed by atoms with Crippen LogP contribution in [0.4, 0.5) is 11.7 Å². The number of anilines is 2. The second-order valence-corrected chi connectivity index (χ2v) is 9.05. The second kappa shape index (κ2) is 7.43. The maximum Gasteiger partial charge on any atom is 0.292 e. The molecule has 8 heteroatoms. The fourth-order valence-electron chi connectivity index (χ4n) is 4.74. The van der Waals surface area contributed by atoms with Crippen molar-refractivity contribution in [2.24, 2.45) is 0 Å². The summed E-state index contributed by atoms with van der Waals surface area (Å²) in [6.07, 6.45) is 1.97. The van der Waals surface area contributed by atoms with Gasteiger partial charge in [0.1, 0.15) is 5.52 Å². The number of nitrogen functional groups attached to an aromatic ring is 1. The molecule has 4 aromatic rings. The third kappa shape index (κ3) is 3.36. The minimum Gasteiger partial charge on any atom is -0.424 e. The van der Waals surface area contributed by atoms with Gasteiger partial charge in [0.05, 0.1) is 28.6 Å². The molecule has 0 amide bonds. The van der Waals surface area contributed by atoms with Gasteiger partial charge in [-0.2, -0.15) is 4.98 Å². The number of nitrogens with two attached hydrogens (primary N) is 1. The molecule has 164 valence electrons. The number of rotatable bonds is 3. The molecule has 1 unspecified atom stereocenters. The average molecular weight is 430 g/mol. The van der Waals surface area contributed by atoms with Crippen LogP contribution < -0.4 is 10.6 Å². The summed E-state index contributed by atoms with van der Waals surface area (Å²) in [6.45, 7) is 7.86. The highest BCUT2D eigenvalue weighted by atomic mass is 16.4. The summed E-state index contributed by atoms with van der Waals surface area (Å²) in [4.78, 5) is 21.3. The van der Waals surface area contributed by atoms with Crippen LogP contribution in [0.1, 0.15) is 6.92 Å². The number of likely N-dealkylation sites (N-methyl/N-ethyl adjacent to an activating group) is 1. The Morgan fingerprint density at radius 2 is 1.84 bits per heavy atom. The first-order valence-corrected chi connectivity index (χ1v) is 11.2. The van der Waals surface area contributed by atoms with E-state index in [1.54, 1.807) is 0 Å². The molecule has 0 aliphatic carbocycles. The largest absolute Gasteiger partial charge is 0.424 e. The summed E-state index contributed by atoms with van der Waals surface area (Å²) in [5.41, 5.74) is 11.9. The van der Waals surface area contributed by atoms with Gasteiger partial charge in [-0.1, -0.05) is 0 Å². The van der Waals surface area contributed by atoms with Crippen LogP contribution in [0.25, 0.3) is 33.4 Å². The van der Waals surface area contributed by atoms with Gasteiger partial charge in [-0.25, -0.2) is 4.98 Å². The monoisotopic (exact) mass is 429 g/mol. The maximum absolute atomic E-state index is 5.68. The Kier molecular flexibility index (Phi) is 4.51. The van der Waals surface area contributed by atoms with E-state index in [1.165, 1.54) is 0 Å². The Labute approximate surface area is 186 Å². The van der Waals surface area contributed by atoms with Gasteiger partial charge in [0.2, 0.25) is 0 Å². The number of hydrogen-bond acceptors (Lipinski definition) is 8. The van der Waals surface area contributed by atoms with Crippen LogP contribution in [-0.2, 0) is 0 Å². The highest BCUT2D eigenvalue weighted by molar-refractivity contribution is 5.84. The Balaban J connectivity index is 1.22. The molecule has 32 heavy (non-hydrogen) atoms. The third-order valence-corrected chi connectivity index (χ3v) is 6.96. The van der Waals surface area contributed by atoms with E-state index < -0.39 is 0 Å². The smallest absolute Gasteiger partial charge is 0.292 e. The van der Waals surface area contributed by atoms with Gasteiger partial charge in [0.15, 0.2) is 5.58 Å². The second-order valence-electron chi connectivity index (χ2n) is 9.05. The topological polar surface area (TPSA) is 87.5 Å². The first kappa shape index (κ1) is 19.5. The molecule has 2 N–H and O–H groups in total. The molecule has 0 radical (unpaired) electrons. The summed E-state index contributed by atoms with van der Waals surface area (Å²) in [6, 6.07) is 13.4. The Bertz CT molecular complexity index is 1300. The Morgan fingerprint density at radius 1 is 0.969 bits per heavy atom. The number of aromatic nitrogens is 3. The first-order chi connectivity index (χ1) is 15.5. The van der Waals surface area contributed by atoms with Gasteiger partial charge in [-0.05, 0) is 50.4 Å². The minimum atomic E-state index is 0.177. The molecule has 1 aromatic carbocycles. The standard InChI is InChI=1S/C24H27N7O/c1-15-12-30(8-7-29(15)2)18-13-31(14-18)17-10-21-20(26-11-17)5-4-19(27-21)16-3-6-23-22(9-16)28-24(25)32-23/h3-6,9-11,15,18H,7-8,12-14H2,1-2H3,(H2,25,28). The SMILES string of the molecule is CC1CN(C2CN(c3cnc4ccc(-c5ccc6oc(N)nc6c5)nc4c3)C2)CCN1C. The predicted molar refractivity (Wildman–Crippen MR) is 127 cm³/mol. The third-order valence-electron chi connectivity index (χ3n) is 6.96. The van der Waals surface area contributed by atoms with E-state index in [2.05, 4.69) is 44.7 Å². The van der Waals surface area contributed by atoms with Crippen LogP contribution >= 0.6 is 0 Å². The number of oxazole rings is 1. The number of hydrogen-bond donors (Lipinski definition) is 1. The molecule has 0 saturated carbocycles. The normalized spacial score (nSPS) is 20.8. The van der Waals surface area contributed by atoms with E-state index in [4.69, 9.17) is 15.1 Å². The quantitative estimate of drug-likeness (QED) is 0.532. The lowest BCUT2D eigenvalue weighted by molar-refractivity contribution is 0.0612. The molecular weight excluding hydrogens is 402 g/mol. The molecule has 3 aromatic heterocycles. The molecule has 8 nitrogen and oxygen atoms in total.